The van der Waals surface area contributed by atoms with Crippen LogP contribution in [0, 0.1) is 36.5 Å². The quantitative estimate of drug-likeness (QED) is 0.0340. The number of aliphatic hydroxyl groups is 3. The van der Waals surface area contributed by atoms with Gasteiger partial charge in [0, 0.05) is 112 Å². The van der Waals surface area contributed by atoms with Crippen molar-refractivity contribution in [1.82, 2.24) is 9.88 Å². The molecule has 4 aromatic carbocycles. The fourth-order valence-corrected chi connectivity index (χ4v) is 10.9. The Morgan fingerprint density at radius 3 is 2.24 bits per heavy atom. The number of hydrogen-bond acceptors (Lipinski definition) is 22. The third-order valence-corrected chi connectivity index (χ3v) is 15.6. The van der Waals surface area contributed by atoms with Crippen LogP contribution in [0.4, 0.5) is 11.4 Å². The van der Waals surface area contributed by atoms with Crippen LogP contribution in [0.2, 0.25) is 0 Å². The van der Waals surface area contributed by atoms with Gasteiger partial charge < -0.3 is 73.7 Å². The van der Waals surface area contributed by atoms with Crippen molar-refractivity contribution in [2.24, 2.45) is 29.6 Å². The minimum atomic E-state index is -2.11. The van der Waals surface area contributed by atoms with Gasteiger partial charge in [-0.05, 0) is 31.1 Å². The Balaban J connectivity index is 1.32. The Morgan fingerprint density at radius 1 is 0.893 bits per heavy atom. The molecule has 5 heterocycles. The van der Waals surface area contributed by atoms with Gasteiger partial charge in [0.1, 0.15) is 52.5 Å². The molecule has 0 aliphatic carbocycles. The smallest absolute Gasteiger partial charge is 0.422 e. The maximum Gasteiger partial charge on any atom is 0.422 e. The molecule has 1 aromatic heterocycles. The summed E-state index contributed by atoms with van der Waals surface area (Å²) in [5.74, 6) is -14.3. The standard InChI is InChI=1S/C60H68N4O20/c1-27(2)25-63-17-19-64(20-18-63)35-22-39(67)45-41(23-35)83-54-46(61-45)42-43-50(70)32(7)53-44(42)55(72)60(9,84-53)80-21-16-40(78-10)29(4)52(81-33(8)65)31(6)49(69)30(5)48(68)28(3)12-11-13-34(56(73)62-47(54)51(43)71)26-79-58(76)59(77)82-36-14-15-37(57(74)75)38(66)24-36/h11-16,21-24,27-31,40,48-49,52,66,68-70,72H,17-20,25-26H2,1-10H3,(H,62,73)(H,74,75). The van der Waals surface area contributed by atoms with E-state index in [0.717, 1.165) is 30.8 Å². The summed E-state index contributed by atoms with van der Waals surface area (Å²) in [7, 11) is 1.39. The van der Waals surface area contributed by atoms with Crippen molar-refractivity contribution in [2.45, 2.75) is 92.5 Å². The fraction of sp³-hybridized carbons (Fsp3) is 0.433. The molecule has 1 fully saturated rings. The molecule has 7 N–H and O–H groups in total. The zero-order chi connectivity index (χ0) is 61.4. The summed E-state index contributed by atoms with van der Waals surface area (Å²) < 4.78 is 40.9. The lowest BCUT2D eigenvalue weighted by Gasteiger charge is -2.38. The van der Waals surface area contributed by atoms with E-state index in [0.29, 0.717) is 37.8 Å². The monoisotopic (exact) mass is 1160 g/mol. The van der Waals surface area contributed by atoms with E-state index in [1.165, 1.54) is 58.4 Å². The molecule has 0 saturated carbocycles. The molecule has 9 atom stereocenters. The maximum absolute atomic E-state index is 15.3. The predicted molar refractivity (Wildman–Crippen MR) is 305 cm³/mol. The van der Waals surface area contributed by atoms with Gasteiger partial charge in [0.05, 0.1) is 40.8 Å². The summed E-state index contributed by atoms with van der Waals surface area (Å²) in [6, 6.07) is 5.65. The van der Waals surface area contributed by atoms with Crippen LogP contribution < -0.4 is 35.8 Å². The molecule has 4 aliphatic rings. The van der Waals surface area contributed by atoms with Crippen molar-refractivity contribution in [3.05, 3.63) is 103 Å². The van der Waals surface area contributed by atoms with Gasteiger partial charge in [-0.25, -0.2) is 19.4 Å². The lowest BCUT2D eigenvalue weighted by atomic mass is 9.78. The van der Waals surface area contributed by atoms with E-state index < -0.39 is 152 Å². The number of aromatic nitrogens is 1. The molecule has 5 aromatic rings. The molecule has 0 radical (unpaired) electrons. The van der Waals surface area contributed by atoms with Crippen molar-refractivity contribution in [3.8, 4) is 23.0 Å². The van der Waals surface area contributed by atoms with E-state index >= 15 is 4.79 Å². The molecule has 0 spiro atoms. The number of allylic oxidation sites excluding steroid dienone is 2. The number of fused-ring (bicyclic) bond motifs is 14. The topological polar surface area (TPSA) is 341 Å². The number of piperazine rings is 1. The number of carboxylic acid groups (broad SMARTS) is 1. The zero-order valence-corrected chi connectivity index (χ0v) is 48.0. The number of methoxy groups -OCH3 is 1. The average Bonchev–Trinajstić information content (AvgIpc) is 1.39. The number of aromatic hydroxyl groups is 2. The highest BCUT2D eigenvalue weighted by atomic mass is 16.7. The lowest BCUT2D eigenvalue weighted by molar-refractivity contribution is -0.161. The number of aliphatic hydroxyl groups excluding tert-OH is 3. The van der Waals surface area contributed by atoms with Crippen molar-refractivity contribution in [1.29, 1.82) is 0 Å². The second-order valence-electron chi connectivity index (χ2n) is 22.0. The van der Waals surface area contributed by atoms with Crippen molar-refractivity contribution in [2.75, 3.05) is 56.7 Å². The summed E-state index contributed by atoms with van der Waals surface area (Å²) >= 11 is 0. The van der Waals surface area contributed by atoms with Gasteiger partial charge in [-0.2, -0.15) is 0 Å². The number of aromatic carboxylic acids is 1. The van der Waals surface area contributed by atoms with Gasteiger partial charge in [-0.1, -0.05) is 59.8 Å². The SMILES string of the molecule is COC1C=COC2(C)Oc3c(C)c(O)c4c(=O)c(c5oc6cc(N7CCN(CC(C)C)CC7)cc(=O)c6nc5c4c3=C2O)NC(=O)C(COC(=O)C(=O)Oc2ccc(C(=O)O)c(O)c2)=CC=CC(C)C(O)C(C)C(O)C(C)C(OC(C)=O)C1C. The molecule has 84 heavy (non-hydrogen) atoms. The number of anilines is 2. The van der Waals surface area contributed by atoms with Crippen LogP contribution in [0.25, 0.3) is 38.7 Å². The average molecular weight is 1170 g/mol. The Labute approximate surface area is 480 Å². The van der Waals surface area contributed by atoms with Gasteiger partial charge in [0.15, 0.2) is 22.4 Å². The number of phenols is 2. The summed E-state index contributed by atoms with van der Waals surface area (Å²) in [6.45, 7) is 17.1. The number of benzene rings is 4. The van der Waals surface area contributed by atoms with E-state index in [1.807, 2.05) is 4.90 Å². The molecule has 9 unspecified atom stereocenters. The van der Waals surface area contributed by atoms with Crippen LogP contribution in [0.15, 0.2) is 80.5 Å². The molecular formula is C60H68N4O20. The van der Waals surface area contributed by atoms with E-state index in [4.69, 9.17) is 37.8 Å². The number of carboxylic acids is 1. The minimum absolute atomic E-state index is 0.0803. The fourth-order valence-electron chi connectivity index (χ4n) is 10.9. The normalized spacial score (nSPS) is 24.5. The molecule has 24 nitrogen and oxygen atoms in total. The first-order valence-corrected chi connectivity index (χ1v) is 27.2. The second kappa shape index (κ2) is 24.7. The van der Waals surface area contributed by atoms with Gasteiger partial charge >= 0.3 is 29.7 Å². The van der Waals surface area contributed by atoms with Crippen LogP contribution in [0.5, 0.6) is 23.0 Å². The van der Waals surface area contributed by atoms with Crippen LogP contribution >= 0.6 is 0 Å². The zero-order valence-electron chi connectivity index (χ0n) is 48.0. The summed E-state index contributed by atoms with van der Waals surface area (Å²) in [6.07, 6.45) is 1.97. The number of carbonyl (C=O) groups excluding carboxylic acids is 4. The number of carbonyl (C=O) groups is 5. The van der Waals surface area contributed by atoms with Gasteiger partial charge in [-0.3, -0.25) is 24.1 Å². The number of nitrogens with zero attached hydrogens (tertiary/aromatic N) is 3. The third kappa shape index (κ3) is 12.2. The third-order valence-electron chi connectivity index (χ3n) is 15.6. The second-order valence-corrected chi connectivity index (χ2v) is 22.0. The first-order chi connectivity index (χ1) is 39.6. The molecule has 448 valence electrons. The highest BCUT2D eigenvalue weighted by Gasteiger charge is 2.44. The van der Waals surface area contributed by atoms with E-state index in [1.54, 1.807) is 33.8 Å². The van der Waals surface area contributed by atoms with E-state index in [2.05, 4.69) is 24.1 Å². The van der Waals surface area contributed by atoms with Crippen LogP contribution in [-0.2, 0) is 38.1 Å². The van der Waals surface area contributed by atoms with E-state index in [-0.39, 0.29) is 38.5 Å². The minimum Gasteiger partial charge on any atom is -0.507 e. The Bertz CT molecular complexity index is 3730. The number of hydrogen-bond donors (Lipinski definition) is 7. The summed E-state index contributed by atoms with van der Waals surface area (Å²) in [4.78, 5) is 104. The van der Waals surface area contributed by atoms with Crippen LogP contribution in [0.3, 0.4) is 0 Å². The summed E-state index contributed by atoms with van der Waals surface area (Å²) in [5.41, 5.74) is -4.09. The van der Waals surface area contributed by atoms with Gasteiger partial charge in [0.2, 0.25) is 10.9 Å². The molecule has 24 heteroatoms. The first kappa shape index (κ1) is 61.5. The van der Waals surface area contributed by atoms with Crippen LogP contribution in [0.1, 0.15) is 71.3 Å². The van der Waals surface area contributed by atoms with Crippen molar-refractivity contribution >= 4 is 79.9 Å². The highest BCUT2D eigenvalue weighted by molar-refractivity contribution is 6.30. The lowest BCUT2D eigenvalue weighted by Crippen LogP contribution is -2.47. The van der Waals surface area contributed by atoms with Crippen molar-refractivity contribution < 1.29 is 87.5 Å². The largest absolute Gasteiger partial charge is 0.507 e. The molecule has 5 bridgehead atoms. The molecule has 9 rings (SSSR count). The molecule has 1 saturated heterocycles. The number of esters is 3. The number of amides is 1. The maximum atomic E-state index is 15.3. The number of nitrogens with one attached hydrogen (secondary N) is 1. The Kier molecular flexibility index (Phi) is 18.1. The Hall–Kier alpha value is -8.58. The molecule has 4 aliphatic heterocycles. The number of phenolic OH excluding ortho intramolecular Hbond substituents is 1. The Morgan fingerprint density at radius 2 is 1.60 bits per heavy atom. The first-order valence-electron chi connectivity index (χ1n) is 27.2. The van der Waals surface area contributed by atoms with Crippen molar-refractivity contribution in [3.63, 3.8) is 0 Å². The highest BCUT2D eigenvalue weighted by Crippen LogP contribution is 2.42. The van der Waals surface area contributed by atoms with E-state index in [9.17, 15) is 59.4 Å². The predicted octanol–water partition coefficient (Wildman–Crippen LogP) is 4.87. The number of ether oxygens (including phenoxy) is 6. The molecule has 1 amide bonds. The van der Waals surface area contributed by atoms with Gasteiger partial charge in [0.25, 0.3) is 5.91 Å². The molecular weight excluding hydrogens is 1100 g/mol. The van der Waals surface area contributed by atoms with Gasteiger partial charge in [-0.15, -0.1) is 0 Å². The van der Waals surface area contributed by atoms with Crippen LogP contribution in [-0.4, -0.2) is 147 Å². The number of rotatable bonds is 9. The summed E-state index contributed by atoms with van der Waals surface area (Å²) in [5, 5.41) is 68.9.